The molecule has 0 aliphatic rings. The predicted molar refractivity (Wildman–Crippen MR) is 77.4 cm³/mol. The number of urea groups is 1. The summed E-state index contributed by atoms with van der Waals surface area (Å²) in [6.45, 7) is 3.70. The highest BCUT2D eigenvalue weighted by atomic mass is 19.1. The minimum atomic E-state index is -0.921. The van der Waals surface area contributed by atoms with E-state index in [2.05, 4.69) is 10.6 Å². The Morgan fingerprint density at radius 3 is 2.67 bits per heavy atom. The van der Waals surface area contributed by atoms with Gasteiger partial charge in [0.1, 0.15) is 5.82 Å². The Balaban J connectivity index is 2.47. The van der Waals surface area contributed by atoms with Crippen LogP contribution >= 0.6 is 0 Å². The van der Waals surface area contributed by atoms with Crippen molar-refractivity contribution in [1.82, 2.24) is 10.6 Å². The van der Waals surface area contributed by atoms with Gasteiger partial charge in [-0.3, -0.25) is 4.79 Å². The molecule has 2 amide bonds. The first-order chi connectivity index (χ1) is 9.93. The highest BCUT2D eigenvalue weighted by Crippen LogP contribution is 2.13. The first kappa shape index (κ1) is 16.9. The van der Waals surface area contributed by atoms with Gasteiger partial charge in [0, 0.05) is 6.54 Å². The van der Waals surface area contributed by atoms with Gasteiger partial charge in [-0.25, -0.2) is 9.18 Å². The van der Waals surface area contributed by atoms with E-state index >= 15 is 0 Å². The summed E-state index contributed by atoms with van der Waals surface area (Å²) in [5.74, 6) is -1.88. The summed E-state index contributed by atoms with van der Waals surface area (Å²) in [4.78, 5) is 22.7. The van der Waals surface area contributed by atoms with Crippen LogP contribution in [-0.4, -0.2) is 23.7 Å². The van der Waals surface area contributed by atoms with Crippen LogP contribution in [0.5, 0.6) is 0 Å². The Hall–Kier alpha value is -2.11. The molecule has 0 aromatic heterocycles. The number of halogens is 1. The van der Waals surface area contributed by atoms with Crippen molar-refractivity contribution in [2.24, 2.45) is 5.92 Å². The minimum absolute atomic E-state index is 0.0743. The Kier molecular flexibility index (Phi) is 6.65. The lowest BCUT2D eigenvalue weighted by molar-refractivity contribution is -0.141. The largest absolute Gasteiger partial charge is 0.481 e. The van der Waals surface area contributed by atoms with Crippen molar-refractivity contribution >= 4 is 12.0 Å². The number of hydrogen-bond acceptors (Lipinski definition) is 2. The van der Waals surface area contributed by atoms with E-state index in [-0.39, 0.29) is 18.4 Å². The van der Waals surface area contributed by atoms with Crippen LogP contribution in [0.2, 0.25) is 0 Å². The molecule has 0 saturated carbocycles. The maximum Gasteiger partial charge on any atom is 0.315 e. The van der Waals surface area contributed by atoms with Gasteiger partial charge in [-0.05, 0) is 31.0 Å². The number of nitrogens with one attached hydrogen (secondary N) is 2. The molecule has 1 aromatic carbocycles. The standard InChI is InChI=1S/C15H21FN2O3/c1-3-5-12(14(19)20)9-17-15(21)18-10(2)11-6-4-7-13(16)8-11/h4,6-8,10,12H,3,5,9H2,1-2H3,(H,19,20)(H2,17,18,21). The van der Waals surface area contributed by atoms with Gasteiger partial charge in [0.2, 0.25) is 0 Å². The van der Waals surface area contributed by atoms with Crippen molar-refractivity contribution < 1.29 is 19.1 Å². The number of rotatable bonds is 7. The van der Waals surface area contributed by atoms with Crippen molar-refractivity contribution in [1.29, 1.82) is 0 Å². The van der Waals surface area contributed by atoms with E-state index in [4.69, 9.17) is 5.11 Å². The molecule has 0 aliphatic carbocycles. The fourth-order valence-electron chi connectivity index (χ4n) is 1.98. The van der Waals surface area contributed by atoms with Crippen LogP contribution in [0.3, 0.4) is 0 Å². The SMILES string of the molecule is CCCC(CNC(=O)NC(C)c1cccc(F)c1)C(=O)O. The molecule has 2 atom stereocenters. The lowest BCUT2D eigenvalue weighted by Crippen LogP contribution is -2.40. The fraction of sp³-hybridized carbons (Fsp3) is 0.467. The van der Waals surface area contributed by atoms with Crippen LogP contribution in [0.4, 0.5) is 9.18 Å². The van der Waals surface area contributed by atoms with Crippen LogP contribution in [0, 0.1) is 11.7 Å². The van der Waals surface area contributed by atoms with Crippen molar-refractivity contribution in [2.45, 2.75) is 32.7 Å². The Morgan fingerprint density at radius 2 is 2.10 bits per heavy atom. The van der Waals surface area contributed by atoms with Crippen LogP contribution in [0.1, 0.15) is 38.3 Å². The molecular formula is C15H21FN2O3. The number of benzene rings is 1. The third-order valence-corrected chi connectivity index (χ3v) is 3.19. The Bertz CT molecular complexity index is 494. The van der Waals surface area contributed by atoms with Gasteiger partial charge in [0.15, 0.2) is 0 Å². The topological polar surface area (TPSA) is 78.4 Å². The number of carboxylic acid groups (broad SMARTS) is 1. The van der Waals surface area contributed by atoms with Gasteiger partial charge in [-0.15, -0.1) is 0 Å². The smallest absolute Gasteiger partial charge is 0.315 e. The van der Waals surface area contributed by atoms with Gasteiger partial charge in [0.05, 0.1) is 12.0 Å². The average molecular weight is 296 g/mol. The molecule has 0 fully saturated rings. The van der Waals surface area contributed by atoms with Crippen molar-refractivity contribution in [3.8, 4) is 0 Å². The molecular weight excluding hydrogens is 275 g/mol. The van der Waals surface area contributed by atoms with Gasteiger partial charge in [-0.2, -0.15) is 0 Å². The van der Waals surface area contributed by atoms with Crippen molar-refractivity contribution in [2.75, 3.05) is 6.54 Å². The molecule has 6 heteroatoms. The zero-order chi connectivity index (χ0) is 15.8. The van der Waals surface area contributed by atoms with Gasteiger partial charge < -0.3 is 15.7 Å². The monoisotopic (exact) mass is 296 g/mol. The molecule has 1 rings (SSSR count). The first-order valence-corrected chi connectivity index (χ1v) is 6.96. The lowest BCUT2D eigenvalue weighted by Gasteiger charge is -2.17. The Morgan fingerprint density at radius 1 is 1.38 bits per heavy atom. The second kappa shape index (κ2) is 8.24. The second-order valence-corrected chi connectivity index (χ2v) is 4.95. The molecule has 3 N–H and O–H groups in total. The molecule has 1 aromatic rings. The zero-order valence-corrected chi connectivity index (χ0v) is 12.2. The van der Waals surface area contributed by atoms with E-state index in [9.17, 15) is 14.0 Å². The molecule has 0 radical (unpaired) electrons. The van der Waals surface area contributed by atoms with Gasteiger partial charge >= 0.3 is 12.0 Å². The molecule has 5 nitrogen and oxygen atoms in total. The number of carboxylic acids is 1. The summed E-state index contributed by atoms with van der Waals surface area (Å²) in [6, 6.07) is 5.14. The summed E-state index contributed by atoms with van der Waals surface area (Å²) in [5.41, 5.74) is 0.647. The maximum absolute atomic E-state index is 13.1. The molecule has 0 spiro atoms. The van der Waals surface area contributed by atoms with E-state index in [1.165, 1.54) is 12.1 Å². The number of amides is 2. The summed E-state index contributed by atoms with van der Waals surface area (Å²) in [7, 11) is 0. The normalized spacial score (nSPS) is 13.3. The number of carbonyl (C=O) groups is 2. The van der Waals surface area contributed by atoms with E-state index in [1.807, 2.05) is 6.92 Å². The van der Waals surface area contributed by atoms with Crippen LogP contribution < -0.4 is 10.6 Å². The molecule has 0 bridgehead atoms. The molecule has 0 aliphatic heterocycles. The first-order valence-electron chi connectivity index (χ1n) is 6.96. The highest BCUT2D eigenvalue weighted by Gasteiger charge is 2.18. The minimum Gasteiger partial charge on any atom is -0.481 e. The molecule has 0 saturated heterocycles. The molecule has 0 heterocycles. The maximum atomic E-state index is 13.1. The molecule has 21 heavy (non-hydrogen) atoms. The quantitative estimate of drug-likeness (QED) is 0.724. The van der Waals surface area contributed by atoms with E-state index < -0.39 is 17.9 Å². The Labute approximate surface area is 123 Å². The molecule has 116 valence electrons. The summed E-state index contributed by atoms with van der Waals surface area (Å²) in [5, 5.41) is 14.2. The second-order valence-electron chi connectivity index (χ2n) is 4.95. The summed E-state index contributed by atoms with van der Waals surface area (Å²) < 4.78 is 13.1. The van der Waals surface area contributed by atoms with Crippen LogP contribution in [0.25, 0.3) is 0 Å². The number of aliphatic carboxylic acids is 1. The highest BCUT2D eigenvalue weighted by molar-refractivity contribution is 5.76. The third-order valence-electron chi connectivity index (χ3n) is 3.19. The van der Waals surface area contributed by atoms with Gasteiger partial charge in [-0.1, -0.05) is 25.5 Å². The number of hydrogen-bond donors (Lipinski definition) is 3. The summed E-state index contributed by atoms with van der Waals surface area (Å²) in [6.07, 6.45) is 1.25. The van der Waals surface area contributed by atoms with E-state index in [0.29, 0.717) is 12.0 Å². The van der Waals surface area contributed by atoms with Crippen molar-refractivity contribution in [3.05, 3.63) is 35.6 Å². The van der Waals surface area contributed by atoms with E-state index in [0.717, 1.165) is 6.42 Å². The van der Waals surface area contributed by atoms with Crippen LogP contribution in [0.15, 0.2) is 24.3 Å². The fourth-order valence-corrected chi connectivity index (χ4v) is 1.98. The van der Waals surface area contributed by atoms with Crippen LogP contribution in [-0.2, 0) is 4.79 Å². The lowest BCUT2D eigenvalue weighted by atomic mass is 10.0. The third kappa shape index (κ3) is 5.81. The summed E-state index contributed by atoms with van der Waals surface area (Å²) >= 11 is 0. The van der Waals surface area contributed by atoms with Crippen molar-refractivity contribution in [3.63, 3.8) is 0 Å². The zero-order valence-electron chi connectivity index (χ0n) is 12.2. The van der Waals surface area contributed by atoms with Gasteiger partial charge in [0.25, 0.3) is 0 Å². The average Bonchev–Trinajstić information content (AvgIpc) is 2.43. The number of carbonyl (C=O) groups excluding carboxylic acids is 1. The predicted octanol–water partition coefficient (Wildman–Crippen LogP) is 2.69. The molecule has 2 unspecified atom stereocenters. The van der Waals surface area contributed by atoms with E-state index in [1.54, 1.807) is 19.1 Å².